The van der Waals surface area contributed by atoms with Crippen molar-refractivity contribution in [3.63, 3.8) is 0 Å². The minimum absolute atomic E-state index is 0.0137. The van der Waals surface area contributed by atoms with Crippen molar-refractivity contribution in [3.8, 4) is 0 Å². The smallest absolute Gasteiger partial charge is 0.332 e. The summed E-state index contributed by atoms with van der Waals surface area (Å²) in [6.45, 7) is 4.94. The summed E-state index contributed by atoms with van der Waals surface area (Å²) in [6.07, 6.45) is 6.69. The Kier molecular flexibility index (Phi) is 3.68. The molecule has 3 atom stereocenters. The maximum atomic E-state index is 12.7. The number of nitrogens with zero attached hydrogens (tertiary/aromatic N) is 3. The van der Waals surface area contributed by atoms with Crippen LogP contribution in [0.25, 0.3) is 11.2 Å². The highest BCUT2D eigenvalue weighted by molar-refractivity contribution is 5.70. The number of imidazole rings is 1. The molecule has 0 amide bonds. The lowest BCUT2D eigenvalue weighted by Gasteiger charge is -2.11. The largest absolute Gasteiger partial charge is 0.366 e. The predicted octanol–water partition coefficient (Wildman–Crippen LogP) is 1.52. The SMILES string of the molecule is CCCn1c(=O)c2[nH]c(C3CC4C=CC3O4)nc2n(CCC)c1=O. The van der Waals surface area contributed by atoms with Gasteiger partial charge in [0.2, 0.25) is 0 Å². The van der Waals surface area contributed by atoms with Gasteiger partial charge in [-0.05, 0) is 19.3 Å². The second kappa shape index (κ2) is 5.73. The summed E-state index contributed by atoms with van der Waals surface area (Å²) in [6, 6.07) is 0. The summed E-state index contributed by atoms with van der Waals surface area (Å²) >= 11 is 0. The molecule has 0 spiro atoms. The molecule has 24 heavy (non-hydrogen) atoms. The molecule has 2 aliphatic rings. The van der Waals surface area contributed by atoms with Crippen molar-refractivity contribution in [1.29, 1.82) is 0 Å². The Morgan fingerprint density at radius 3 is 2.58 bits per heavy atom. The van der Waals surface area contributed by atoms with Crippen LogP contribution in [-0.2, 0) is 17.8 Å². The molecule has 7 heteroatoms. The Bertz CT molecular complexity index is 920. The van der Waals surface area contributed by atoms with Crippen LogP contribution in [0.2, 0.25) is 0 Å². The van der Waals surface area contributed by atoms with Gasteiger partial charge in [0.25, 0.3) is 5.56 Å². The number of hydrogen-bond acceptors (Lipinski definition) is 4. The third-order valence-corrected chi connectivity index (χ3v) is 4.86. The van der Waals surface area contributed by atoms with Gasteiger partial charge in [-0.15, -0.1) is 0 Å². The molecule has 2 aliphatic heterocycles. The zero-order valence-corrected chi connectivity index (χ0v) is 14.0. The molecule has 1 fully saturated rings. The van der Waals surface area contributed by atoms with Gasteiger partial charge in [0.1, 0.15) is 11.3 Å². The van der Waals surface area contributed by atoms with Gasteiger partial charge in [0, 0.05) is 19.0 Å². The fourth-order valence-corrected chi connectivity index (χ4v) is 3.75. The molecule has 0 aromatic carbocycles. The van der Waals surface area contributed by atoms with Crippen molar-refractivity contribution in [3.05, 3.63) is 38.8 Å². The highest BCUT2D eigenvalue weighted by Gasteiger charge is 2.39. The second-order valence-corrected chi connectivity index (χ2v) is 6.58. The monoisotopic (exact) mass is 330 g/mol. The van der Waals surface area contributed by atoms with Gasteiger partial charge in [0.15, 0.2) is 5.65 Å². The fourth-order valence-electron chi connectivity index (χ4n) is 3.75. The lowest BCUT2D eigenvalue weighted by molar-refractivity contribution is 0.116. The van der Waals surface area contributed by atoms with Gasteiger partial charge in [-0.25, -0.2) is 9.78 Å². The summed E-state index contributed by atoms with van der Waals surface area (Å²) in [5.41, 5.74) is 0.361. The van der Waals surface area contributed by atoms with Crippen molar-refractivity contribution < 1.29 is 4.74 Å². The average Bonchev–Trinajstić information content (AvgIpc) is 3.29. The van der Waals surface area contributed by atoms with E-state index in [-0.39, 0.29) is 29.4 Å². The van der Waals surface area contributed by atoms with E-state index in [4.69, 9.17) is 4.74 Å². The zero-order chi connectivity index (χ0) is 16.8. The number of fused-ring (bicyclic) bond motifs is 3. The van der Waals surface area contributed by atoms with Crippen LogP contribution in [0.1, 0.15) is 44.9 Å². The first kappa shape index (κ1) is 15.4. The van der Waals surface area contributed by atoms with Gasteiger partial charge in [-0.2, -0.15) is 0 Å². The van der Waals surface area contributed by atoms with E-state index in [2.05, 4.69) is 22.1 Å². The van der Waals surface area contributed by atoms with Crippen molar-refractivity contribution in [2.75, 3.05) is 0 Å². The van der Waals surface area contributed by atoms with Crippen LogP contribution in [0.15, 0.2) is 21.7 Å². The van der Waals surface area contributed by atoms with Gasteiger partial charge in [-0.1, -0.05) is 26.0 Å². The van der Waals surface area contributed by atoms with E-state index in [1.165, 1.54) is 4.57 Å². The summed E-state index contributed by atoms with van der Waals surface area (Å²) < 4.78 is 8.74. The summed E-state index contributed by atoms with van der Waals surface area (Å²) in [4.78, 5) is 33.2. The normalized spacial score (nSPS) is 25.2. The molecule has 1 saturated heterocycles. The van der Waals surface area contributed by atoms with Gasteiger partial charge in [-0.3, -0.25) is 13.9 Å². The zero-order valence-electron chi connectivity index (χ0n) is 14.0. The number of aromatic nitrogens is 4. The Labute approximate surface area is 139 Å². The number of nitrogens with one attached hydrogen (secondary N) is 1. The second-order valence-electron chi connectivity index (χ2n) is 6.58. The van der Waals surface area contributed by atoms with Crippen molar-refractivity contribution in [2.24, 2.45) is 0 Å². The summed E-state index contributed by atoms with van der Waals surface area (Å²) in [5, 5.41) is 0. The molecular formula is C17H22N4O3. The van der Waals surface area contributed by atoms with E-state index < -0.39 is 0 Å². The topological polar surface area (TPSA) is 81.9 Å². The highest BCUT2D eigenvalue weighted by Crippen LogP contribution is 2.39. The summed E-state index contributed by atoms with van der Waals surface area (Å²) in [5.74, 6) is 0.869. The quantitative estimate of drug-likeness (QED) is 0.843. The Morgan fingerprint density at radius 2 is 1.96 bits per heavy atom. The Hall–Kier alpha value is -2.15. The molecule has 0 saturated carbocycles. The predicted molar refractivity (Wildman–Crippen MR) is 90.4 cm³/mol. The molecule has 0 radical (unpaired) electrons. The van der Waals surface area contributed by atoms with Crippen molar-refractivity contribution in [2.45, 2.75) is 64.3 Å². The van der Waals surface area contributed by atoms with E-state index in [0.29, 0.717) is 24.3 Å². The lowest BCUT2D eigenvalue weighted by Crippen LogP contribution is -2.40. The molecule has 1 N–H and O–H groups in total. The number of H-pyrrole nitrogens is 1. The molecule has 2 aromatic rings. The Morgan fingerprint density at radius 1 is 1.21 bits per heavy atom. The van der Waals surface area contributed by atoms with E-state index in [9.17, 15) is 9.59 Å². The number of ether oxygens (including phenoxy) is 1. The van der Waals surface area contributed by atoms with Crippen LogP contribution in [0.4, 0.5) is 0 Å². The van der Waals surface area contributed by atoms with Crippen LogP contribution in [0, 0.1) is 0 Å². The number of aromatic amines is 1. The molecule has 7 nitrogen and oxygen atoms in total. The first-order valence-electron chi connectivity index (χ1n) is 8.71. The number of hydrogen-bond donors (Lipinski definition) is 1. The Balaban J connectivity index is 1.90. The molecular weight excluding hydrogens is 308 g/mol. The maximum absolute atomic E-state index is 12.7. The van der Waals surface area contributed by atoms with Gasteiger partial charge >= 0.3 is 5.69 Å². The van der Waals surface area contributed by atoms with Crippen molar-refractivity contribution >= 4 is 11.2 Å². The van der Waals surface area contributed by atoms with Crippen LogP contribution in [0.5, 0.6) is 0 Å². The van der Waals surface area contributed by atoms with E-state index in [1.807, 2.05) is 13.8 Å². The van der Waals surface area contributed by atoms with Crippen LogP contribution in [-0.4, -0.2) is 31.3 Å². The molecule has 2 bridgehead atoms. The minimum Gasteiger partial charge on any atom is -0.366 e. The maximum Gasteiger partial charge on any atom is 0.332 e. The van der Waals surface area contributed by atoms with Crippen LogP contribution < -0.4 is 11.2 Å². The third-order valence-electron chi connectivity index (χ3n) is 4.86. The molecule has 4 rings (SSSR count). The van der Waals surface area contributed by atoms with Crippen LogP contribution >= 0.6 is 0 Å². The van der Waals surface area contributed by atoms with Gasteiger partial charge < -0.3 is 9.72 Å². The minimum atomic E-state index is -0.275. The molecule has 128 valence electrons. The first-order chi connectivity index (χ1) is 11.6. The fraction of sp³-hybridized carbons (Fsp3) is 0.588. The lowest BCUT2D eigenvalue weighted by atomic mass is 9.94. The molecule has 4 heterocycles. The van der Waals surface area contributed by atoms with Gasteiger partial charge in [0.05, 0.1) is 12.2 Å². The molecule has 2 aromatic heterocycles. The van der Waals surface area contributed by atoms with E-state index in [1.54, 1.807) is 4.57 Å². The average molecular weight is 330 g/mol. The molecule has 3 unspecified atom stereocenters. The summed E-state index contributed by atoms with van der Waals surface area (Å²) in [7, 11) is 0. The third kappa shape index (κ3) is 2.18. The van der Waals surface area contributed by atoms with Crippen LogP contribution in [0.3, 0.4) is 0 Å². The molecule has 0 aliphatic carbocycles. The standard InChI is InChI=1S/C17H22N4O3/c1-3-7-20-15-13(16(22)21(8-4-2)17(20)23)18-14(19-15)11-9-10-5-6-12(11)24-10/h5-6,10-12H,3-4,7-9H2,1-2H3,(H,18,19). The first-order valence-corrected chi connectivity index (χ1v) is 8.71. The number of aryl methyl sites for hydroxylation is 1. The van der Waals surface area contributed by atoms with Crippen molar-refractivity contribution in [1.82, 2.24) is 19.1 Å². The van der Waals surface area contributed by atoms with E-state index in [0.717, 1.165) is 25.1 Å². The number of rotatable bonds is 5. The highest BCUT2D eigenvalue weighted by atomic mass is 16.5. The van der Waals surface area contributed by atoms with E-state index >= 15 is 0 Å².